The Hall–Kier alpha value is -1.82. The van der Waals surface area contributed by atoms with Crippen LogP contribution in [0.2, 0.25) is 0 Å². The number of benzene rings is 1. The van der Waals surface area contributed by atoms with Gasteiger partial charge in [0.2, 0.25) is 11.5 Å². The summed E-state index contributed by atoms with van der Waals surface area (Å²) in [6.07, 6.45) is 4.24. The summed E-state index contributed by atoms with van der Waals surface area (Å²) in [6.45, 7) is 2.40. The molecule has 2 N–H and O–H groups in total. The highest BCUT2D eigenvalue weighted by Gasteiger charge is 2.26. The van der Waals surface area contributed by atoms with Crippen molar-refractivity contribution in [2.24, 2.45) is 5.73 Å². The lowest BCUT2D eigenvalue weighted by atomic mass is 9.94. The molecule has 0 aromatic heterocycles. The highest BCUT2D eigenvalue weighted by Crippen LogP contribution is 2.38. The minimum absolute atomic E-state index is 0.00933. The van der Waals surface area contributed by atoms with Gasteiger partial charge in [-0.25, -0.2) is 0 Å². The van der Waals surface area contributed by atoms with Crippen molar-refractivity contribution in [1.82, 2.24) is 0 Å². The number of hydrogen-bond acceptors (Lipinski definition) is 5. The molecule has 0 unspecified atom stereocenters. The van der Waals surface area contributed by atoms with Gasteiger partial charge in [0.05, 0.1) is 17.6 Å². The SMILES string of the molecule is CCCOc1cccc(OC2CCC(N)CC2)c1[N+](=O)[O-]. The van der Waals surface area contributed by atoms with Gasteiger partial charge in [0, 0.05) is 6.04 Å². The van der Waals surface area contributed by atoms with Gasteiger partial charge in [-0.1, -0.05) is 13.0 Å². The summed E-state index contributed by atoms with van der Waals surface area (Å²) in [5.41, 5.74) is 5.78. The molecule has 1 saturated carbocycles. The first-order chi connectivity index (χ1) is 10.1. The van der Waals surface area contributed by atoms with Crippen LogP contribution in [0, 0.1) is 10.1 Å². The van der Waals surface area contributed by atoms with E-state index in [4.69, 9.17) is 15.2 Å². The van der Waals surface area contributed by atoms with Crippen LogP contribution in [0.5, 0.6) is 11.5 Å². The Morgan fingerprint density at radius 3 is 2.57 bits per heavy atom. The second-order valence-corrected chi connectivity index (χ2v) is 5.36. The van der Waals surface area contributed by atoms with Crippen LogP contribution in [-0.2, 0) is 0 Å². The van der Waals surface area contributed by atoms with Crippen molar-refractivity contribution < 1.29 is 14.4 Å². The van der Waals surface area contributed by atoms with Gasteiger partial charge in [-0.05, 0) is 44.2 Å². The molecule has 0 bridgehead atoms. The third kappa shape index (κ3) is 4.07. The number of nitrogens with two attached hydrogens (primary N) is 1. The molecular formula is C15H22N2O4. The molecule has 0 radical (unpaired) electrons. The molecule has 0 aliphatic heterocycles. The van der Waals surface area contributed by atoms with Crippen LogP contribution in [-0.4, -0.2) is 23.7 Å². The molecule has 0 spiro atoms. The molecule has 0 heterocycles. The fourth-order valence-electron chi connectivity index (χ4n) is 2.49. The van der Waals surface area contributed by atoms with E-state index in [1.807, 2.05) is 6.92 Å². The maximum atomic E-state index is 11.3. The lowest BCUT2D eigenvalue weighted by molar-refractivity contribution is -0.387. The quantitative estimate of drug-likeness (QED) is 0.643. The Morgan fingerprint density at radius 2 is 1.95 bits per heavy atom. The van der Waals surface area contributed by atoms with Gasteiger partial charge in [0.1, 0.15) is 0 Å². The van der Waals surface area contributed by atoms with E-state index in [0.29, 0.717) is 6.61 Å². The molecule has 2 rings (SSSR count). The van der Waals surface area contributed by atoms with E-state index in [2.05, 4.69) is 0 Å². The Morgan fingerprint density at radius 1 is 1.29 bits per heavy atom. The fraction of sp³-hybridized carbons (Fsp3) is 0.600. The summed E-state index contributed by atoms with van der Waals surface area (Å²) in [4.78, 5) is 10.9. The number of hydrogen-bond donors (Lipinski definition) is 1. The standard InChI is InChI=1S/C15H22N2O4/c1-2-10-20-13-4-3-5-14(15(13)17(18)19)21-12-8-6-11(16)7-9-12/h3-5,11-12H,2,6-10,16H2,1H3. The van der Waals surface area contributed by atoms with Crippen molar-refractivity contribution in [3.8, 4) is 11.5 Å². The maximum Gasteiger partial charge on any atom is 0.352 e. The van der Waals surface area contributed by atoms with Crippen LogP contribution >= 0.6 is 0 Å². The van der Waals surface area contributed by atoms with E-state index in [0.717, 1.165) is 32.1 Å². The summed E-state index contributed by atoms with van der Waals surface area (Å²) < 4.78 is 11.3. The molecule has 0 saturated heterocycles. The Labute approximate surface area is 124 Å². The van der Waals surface area contributed by atoms with E-state index in [1.54, 1.807) is 18.2 Å². The number of ether oxygens (including phenoxy) is 2. The Kier molecular flexibility index (Phi) is 5.38. The monoisotopic (exact) mass is 294 g/mol. The Bertz CT molecular complexity index is 485. The van der Waals surface area contributed by atoms with Gasteiger partial charge in [-0.3, -0.25) is 10.1 Å². The summed E-state index contributed by atoms with van der Waals surface area (Å²) >= 11 is 0. The number of nitrogens with zero attached hydrogens (tertiary/aromatic N) is 1. The van der Waals surface area contributed by atoms with Crippen LogP contribution in [0.1, 0.15) is 39.0 Å². The molecule has 1 aliphatic carbocycles. The summed E-state index contributed by atoms with van der Waals surface area (Å²) in [6, 6.07) is 5.18. The van der Waals surface area contributed by atoms with Crippen LogP contribution in [0.15, 0.2) is 18.2 Å². The van der Waals surface area contributed by atoms with E-state index >= 15 is 0 Å². The van der Waals surface area contributed by atoms with Gasteiger partial charge in [0.25, 0.3) is 0 Å². The van der Waals surface area contributed by atoms with Crippen molar-refractivity contribution in [1.29, 1.82) is 0 Å². The topological polar surface area (TPSA) is 87.6 Å². The predicted molar refractivity (Wildman–Crippen MR) is 79.7 cm³/mol. The first kappa shape index (κ1) is 15.6. The average molecular weight is 294 g/mol. The van der Waals surface area contributed by atoms with Crippen molar-refractivity contribution in [3.63, 3.8) is 0 Å². The van der Waals surface area contributed by atoms with Crippen LogP contribution in [0.4, 0.5) is 5.69 Å². The molecule has 1 aromatic carbocycles. The molecular weight excluding hydrogens is 272 g/mol. The molecule has 21 heavy (non-hydrogen) atoms. The molecule has 6 heteroatoms. The molecule has 1 aliphatic rings. The van der Waals surface area contributed by atoms with Crippen LogP contribution in [0.25, 0.3) is 0 Å². The zero-order valence-electron chi connectivity index (χ0n) is 12.3. The van der Waals surface area contributed by atoms with Gasteiger partial charge < -0.3 is 15.2 Å². The van der Waals surface area contributed by atoms with Crippen LogP contribution in [0.3, 0.4) is 0 Å². The van der Waals surface area contributed by atoms with E-state index in [9.17, 15) is 10.1 Å². The van der Waals surface area contributed by atoms with Gasteiger partial charge in [-0.2, -0.15) is 0 Å². The van der Waals surface area contributed by atoms with E-state index in [1.165, 1.54) is 0 Å². The number of rotatable bonds is 6. The molecule has 1 aromatic rings. The minimum atomic E-state index is -0.436. The molecule has 6 nitrogen and oxygen atoms in total. The minimum Gasteiger partial charge on any atom is -0.487 e. The largest absolute Gasteiger partial charge is 0.487 e. The molecule has 1 fully saturated rings. The lowest BCUT2D eigenvalue weighted by Crippen LogP contribution is -2.31. The van der Waals surface area contributed by atoms with E-state index in [-0.39, 0.29) is 29.3 Å². The second kappa shape index (κ2) is 7.26. The van der Waals surface area contributed by atoms with Crippen molar-refractivity contribution >= 4 is 5.69 Å². The first-order valence-corrected chi connectivity index (χ1v) is 7.44. The zero-order valence-corrected chi connectivity index (χ0v) is 12.3. The van der Waals surface area contributed by atoms with E-state index < -0.39 is 4.92 Å². The summed E-state index contributed by atoms with van der Waals surface area (Å²) in [7, 11) is 0. The van der Waals surface area contributed by atoms with Gasteiger partial charge >= 0.3 is 5.69 Å². The Balaban J connectivity index is 2.16. The third-order valence-electron chi connectivity index (χ3n) is 3.62. The lowest BCUT2D eigenvalue weighted by Gasteiger charge is -2.26. The summed E-state index contributed by atoms with van der Waals surface area (Å²) in [5.74, 6) is 0.556. The summed E-state index contributed by atoms with van der Waals surface area (Å²) in [5, 5.41) is 11.3. The maximum absolute atomic E-state index is 11.3. The van der Waals surface area contributed by atoms with Crippen molar-refractivity contribution in [3.05, 3.63) is 28.3 Å². The van der Waals surface area contributed by atoms with Crippen molar-refractivity contribution in [2.75, 3.05) is 6.61 Å². The third-order valence-corrected chi connectivity index (χ3v) is 3.62. The fourth-order valence-corrected chi connectivity index (χ4v) is 2.49. The number of para-hydroxylation sites is 1. The van der Waals surface area contributed by atoms with Gasteiger partial charge in [0.15, 0.2) is 0 Å². The molecule has 0 atom stereocenters. The van der Waals surface area contributed by atoms with Crippen LogP contribution < -0.4 is 15.2 Å². The zero-order chi connectivity index (χ0) is 15.2. The van der Waals surface area contributed by atoms with Crippen molar-refractivity contribution in [2.45, 2.75) is 51.2 Å². The highest BCUT2D eigenvalue weighted by molar-refractivity contribution is 5.57. The smallest absolute Gasteiger partial charge is 0.352 e. The second-order valence-electron chi connectivity index (χ2n) is 5.36. The highest BCUT2D eigenvalue weighted by atomic mass is 16.6. The normalized spacial score (nSPS) is 21.8. The van der Waals surface area contributed by atoms with Gasteiger partial charge in [-0.15, -0.1) is 0 Å². The predicted octanol–water partition coefficient (Wildman–Crippen LogP) is 3.03. The first-order valence-electron chi connectivity index (χ1n) is 7.44. The number of nitro benzene ring substituents is 1. The molecule has 116 valence electrons. The number of nitro groups is 1. The molecule has 0 amide bonds. The average Bonchev–Trinajstić information content (AvgIpc) is 2.47.